The molecule has 0 unspecified atom stereocenters. The molecule has 0 fully saturated rings. The monoisotopic (exact) mass is 287 g/mol. The van der Waals surface area contributed by atoms with Gasteiger partial charge in [-0.25, -0.2) is 21.1 Å². The Hall–Kier alpha value is -0.420. The molecule has 0 saturated carbocycles. The minimum absolute atomic E-state index is 0.175. The summed E-state index contributed by atoms with van der Waals surface area (Å²) in [6, 6.07) is 0. The number of rotatable bonds is 4. The van der Waals surface area contributed by atoms with E-state index in [0.717, 1.165) is 0 Å². The van der Waals surface area contributed by atoms with Gasteiger partial charge in [0.25, 0.3) is 10.0 Å². The van der Waals surface area contributed by atoms with E-state index in [4.69, 9.17) is 0 Å². The second-order valence-corrected chi connectivity index (χ2v) is 7.34. The molecule has 0 aromatic carbocycles. The summed E-state index contributed by atoms with van der Waals surface area (Å²) in [6.07, 6.45) is -0.175. The largest absolute Gasteiger partial charge is 0.435 e. The summed E-state index contributed by atoms with van der Waals surface area (Å²) < 4.78 is 94.1. The van der Waals surface area contributed by atoms with Crippen LogP contribution in [0.5, 0.6) is 0 Å². The Labute approximate surface area is 90.0 Å². The van der Waals surface area contributed by atoms with E-state index in [1.165, 1.54) is 0 Å². The highest BCUT2D eigenvalue weighted by Gasteiger charge is 2.72. The molecule has 0 aliphatic rings. The predicted octanol–water partition coefficient (Wildman–Crippen LogP) is 0.108. The highest BCUT2D eigenvalue weighted by atomic mass is 32.2. The highest BCUT2D eigenvalue weighted by Crippen LogP contribution is 2.43. The van der Waals surface area contributed by atoms with Gasteiger partial charge in [0.05, 0.1) is 0 Å². The average molecular weight is 287 g/mol. The normalized spacial score (nSPS) is 15.5. The lowest BCUT2D eigenvalue weighted by molar-refractivity contribution is -0.0986. The number of sulfone groups is 1. The Balaban J connectivity index is 5.94. The molecule has 0 saturated heterocycles. The first kappa shape index (κ1) is 15.6. The molecule has 0 radical (unpaired) electrons. The fraction of sp³-hybridized carbons (Fsp3) is 1.00. The predicted molar refractivity (Wildman–Crippen MR) is 47.3 cm³/mol. The van der Waals surface area contributed by atoms with Crippen LogP contribution in [0.1, 0.15) is 0 Å². The Kier molecular flexibility index (Phi) is 3.71. The van der Waals surface area contributed by atoms with Crippen molar-refractivity contribution in [1.29, 1.82) is 0 Å². The summed E-state index contributed by atoms with van der Waals surface area (Å²) in [6.45, 7) is 0. The molecule has 0 aromatic rings. The maximum atomic E-state index is 13.0. The SMILES string of the molecule is CN(C)S(=O)(=O)C(F)(F)C(F)(F)S(C)(=O)=O. The van der Waals surface area contributed by atoms with E-state index in [9.17, 15) is 34.4 Å². The first-order chi connectivity index (χ1) is 6.69. The number of hydrogen-bond donors (Lipinski definition) is 0. The Bertz CT molecular complexity index is 467. The van der Waals surface area contributed by atoms with Crippen LogP contribution in [0.3, 0.4) is 0 Å². The summed E-state index contributed by atoms with van der Waals surface area (Å²) in [5.74, 6) is 0. The molecule has 0 N–H and O–H groups in total. The molecule has 0 aliphatic carbocycles. The second-order valence-electron chi connectivity index (χ2n) is 3.09. The van der Waals surface area contributed by atoms with E-state index in [0.29, 0.717) is 14.1 Å². The van der Waals surface area contributed by atoms with E-state index >= 15 is 0 Å². The van der Waals surface area contributed by atoms with Crippen molar-refractivity contribution in [3.63, 3.8) is 0 Å². The van der Waals surface area contributed by atoms with E-state index < -0.39 is 30.4 Å². The lowest BCUT2D eigenvalue weighted by Gasteiger charge is -2.26. The zero-order valence-electron chi connectivity index (χ0n) is 8.41. The quantitative estimate of drug-likeness (QED) is 0.688. The molecule has 0 bridgehead atoms. The van der Waals surface area contributed by atoms with E-state index in [1.807, 2.05) is 0 Å². The number of hydrogen-bond acceptors (Lipinski definition) is 4. The molecule has 0 aromatic heterocycles. The number of alkyl halides is 4. The van der Waals surface area contributed by atoms with Gasteiger partial charge in [-0.1, -0.05) is 0 Å². The number of nitrogens with zero attached hydrogens (tertiary/aromatic N) is 1. The smallest absolute Gasteiger partial charge is 0.223 e. The molecule has 0 rings (SSSR count). The molecule has 16 heavy (non-hydrogen) atoms. The molecule has 0 heterocycles. The molecule has 11 heteroatoms. The van der Waals surface area contributed by atoms with Crippen molar-refractivity contribution in [2.24, 2.45) is 0 Å². The van der Waals surface area contributed by atoms with Gasteiger partial charge in [0.1, 0.15) is 0 Å². The number of sulfonamides is 1. The van der Waals surface area contributed by atoms with Crippen molar-refractivity contribution in [1.82, 2.24) is 4.31 Å². The Morgan fingerprint density at radius 2 is 1.19 bits per heavy atom. The van der Waals surface area contributed by atoms with Crippen molar-refractivity contribution in [3.05, 3.63) is 0 Å². The molecule has 0 atom stereocenters. The molecule has 0 spiro atoms. The summed E-state index contributed by atoms with van der Waals surface area (Å²) in [4.78, 5) is 0. The van der Waals surface area contributed by atoms with Crippen molar-refractivity contribution < 1.29 is 34.4 Å². The van der Waals surface area contributed by atoms with Crippen molar-refractivity contribution in [3.8, 4) is 0 Å². The van der Waals surface area contributed by atoms with Crippen molar-refractivity contribution in [2.75, 3.05) is 20.4 Å². The van der Waals surface area contributed by atoms with Crippen molar-refractivity contribution >= 4 is 19.9 Å². The average Bonchev–Trinajstić information content (AvgIpc) is 2.00. The number of halogens is 4. The summed E-state index contributed by atoms with van der Waals surface area (Å²) in [5.41, 5.74) is 0. The van der Waals surface area contributed by atoms with Gasteiger partial charge < -0.3 is 0 Å². The molecular weight excluding hydrogens is 278 g/mol. The maximum Gasteiger partial charge on any atom is 0.435 e. The zero-order valence-corrected chi connectivity index (χ0v) is 10.0. The third kappa shape index (κ3) is 2.02. The van der Waals surface area contributed by atoms with Crippen LogP contribution in [0.25, 0.3) is 0 Å². The Morgan fingerprint density at radius 1 is 0.875 bits per heavy atom. The maximum absolute atomic E-state index is 13.0. The zero-order chi connectivity index (χ0) is 13.6. The van der Waals surface area contributed by atoms with Gasteiger partial charge in [-0.05, 0) is 0 Å². The van der Waals surface area contributed by atoms with Gasteiger partial charge in [-0.3, -0.25) is 0 Å². The van der Waals surface area contributed by atoms with Gasteiger partial charge >= 0.3 is 10.5 Å². The first-order valence-corrected chi connectivity index (χ1v) is 6.90. The van der Waals surface area contributed by atoms with Crippen LogP contribution in [-0.4, -0.2) is 52.0 Å². The van der Waals surface area contributed by atoms with Crippen LogP contribution in [-0.2, 0) is 19.9 Å². The van der Waals surface area contributed by atoms with E-state index in [2.05, 4.69) is 0 Å². The van der Waals surface area contributed by atoms with Crippen LogP contribution in [0.2, 0.25) is 0 Å². The fourth-order valence-corrected chi connectivity index (χ4v) is 2.56. The van der Waals surface area contributed by atoms with Gasteiger partial charge in [0, 0.05) is 20.4 Å². The van der Waals surface area contributed by atoms with Gasteiger partial charge in [-0.15, -0.1) is 0 Å². The first-order valence-electron chi connectivity index (χ1n) is 3.57. The van der Waals surface area contributed by atoms with Gasteiger partial charge in [-0.2, -0.15) is 17.6 Å². The topological polar surface area (TPSA) is 71.5 Å². The summed E-state index contributed by atoms with van der Waals surface area (Å²) in [7, 11) is -10.1. The van der Waals surface area contributed by atoms with Crippen LogP contribution >= 0.6 is 0 Å². The van der Waals surface area contributed by atoms with Gasteiger partial charge in [0.2, 0.25) is 9.84 Å². The van der Waals surface area contributed by atoms with Crippen LogP contribution in [0.4, 0.5) is 17.6 Å². The lowest BCUT2D eigenvalue weighted by atomic mass is 10.7. The lowest BCUT2D eigenvalue weighted by Crippen LogP contribution is -2.55. The van der Waals surface area contributed by atoms with Crippen LogP contribution in [0, 0.1) is 0 Å². The van der Waals surface area contributed by atoms with E-state index in [1.54, 1.807) is 0 Å². The van der Waals surface area contributed by atoms with Crippen LogP contribution < -0.4 is 0 Å². The second kappa shape index (κ2) is 3.81. The molecule has 0 amide bonds. The molecule has 98 valence electrons. The highest BCUT2D eigenvalue weighted by molar-refractivity contribution is 7.95. The third-order valence-electron chi connectivity index (χ3n) is 1.61. The molecular formula is C5H9F4NO4S2. The summed E-state index contributed by atoms with van der Waals surface area (Å²) in [5, 5.41) is -11.4. The van der Waals surface area contributed by atoms with Crippen LogP contribution in [0.15, 0.2) is 0 Å². The minimum Gasteiger partial charge on any atom is -0.223 e. The molecule has 5 nitrogen and oxygen atoms in total. The van der Waals surface area contributed by atoms with Crippen molar-refractivity contribution in [2.45, 2.75) is 10.5 Å². The van der Waals surface area contributed by atoms with E-state index in [-0.39, 0.29) is 10.6 Å². The third-order valence-corrected chi connectivity index (χ3v) is 4.79. The Morgan fingerprint density at radius 3 is 1.38 bits per heavy atom. The molecule has 0 aliphatic heterocycles. The summed E-state index contributed by atoms with van der Waals surface area (Å²) >= 11 is 0. The fourth-order valence-electron chi connectivity index (χ4n) is 0.595. The van der Waals surface area contributed by atoms with Gasteiger partial charge in [0.15, 0.2) is 0 Å². The standard InChI is InChI=1S/C5H9F4NO4S2/c1-10(2)16(13,14)5(8,9)4(6,7)15(3,11)12/h1-3H3. The minimum atomic E-state index is -5.75.